The van der Waals surface area contributed by atoms with Crippen molar-refractivity contribution in [1.82, 2.24) is 5.32 Å². The van der Waals surface area contributed by atoms with Crippen molar-refractivity contribution in [1.29, 1.82) is 0 Å². The molecular weight excluding hydrogens is 307 g/mol. The van der Waals surface area contributed by atoms with Crippen LogP contribution < -0.4 is 5.32 Å². The summed E-state index contributed by atoms with van der Waals surface area (Å²) in [5.74, 6) is 0. The van der Waals surface area contributed by atoms with Crippen LogP contribution in [0.5, 0.6) is 0 Å². The standard InChI is InChI=1S/C13H15BrF3N/c1-8(2)6-12(18-3)10-7-9(13(15,16)17)4-5-11(10)14/h4-5,7,12,18H,1,6H2,2-3H3. The molecule has 1 N–H and O–H groups in total. The average molecular weight is 322 g/mol. The first-order chi connectivity index (χ1) is 8.25. The van der Waals surface area contributed by atoms with Crippen LogP contribution in [0.1, 0.15) is 30.5 Å². The van der Waals surface area contributed by atoms with Crippen molar-refractivity contribution in [2.45, 2.75) is 25.6 Å². The highest BCUT2D eigenvalue weighted by Crippen LogP contribution is 2.35. The smallest absolute Gasteiger partial charge is 0.313 e. The van der Waals surface area contributed by atoms with Crippen molar-refractivity contribution in [3.63, 3.8) is 0 Å². The van der Waals surface area contributed by atoms with Gasteiger partial charge < -0.3 is 5.32 Å². The van der Waals surface area contributed by atoms with Crippen molar-refractivity contribution in [2.24, 2.45) is 0 Å². The van der Waals surface area contributed by atoms with E-state index in [9.17, 15) is 13.2 Å². The molecule has 0 saturated carbocycles. The van der Waals surface area contributed by atoms with Gasteiger partial charge in [-0.05, 0) is 44.2 Å². The minimum atomic E-state index is -4.32. The van der Waals surface area contributed by atoms with Gasteiger partial charge in [0.25, 0.3) is 0 Å². The number of nitrogens with one attached hydrogen (secondary N) is 1. The zero-order valence-electron chi connectivity index (χ0n) is 10.2. The Morgan fingerprint density at radius 1 is 1.44 bits per heavy atom. The fourth-order valence-corrected chi connectivity index (χ4v) is 2.23. The molecule has 1 rings (SSSR count). The van der Waals surface area contributed by atoms with Crippen LogP contribution in [0, 0.1) is 0 Å². The van der Waals surface area contributed by atoms with E-state index >= 15 is 0 Å². The van der Waals surface area contributed by atoms with Crippen LogP contribution in [0.3, 0.4) is 0 Å². The van der Waals surface area contributed by atoms with Crippen LogP contribution in [0.25, 0.3) is 0 Å². The van der Waals surface area contributed by atoms with Gasteiger partial charge in [0.2, 0.25) is 0 Å². The lowest BCUT2D eigenvalue weighted by atomic mass is 9.98. The molecule has 0 saturated heterocycles. The van der Waals surface area contributed by atoms with Gasteiger partial charge in [0.15, 0.2) is 0 Å². The molecule has 5 heteroatoms. The Bertz CT molecular complexity index is 440. The third-order valence-electron chi connectivity index (χ3n) is 2.60. The predicted molar refractivity (Wildman–Crippen MR) is 70.4 cm³/mol. The third-order valence-corrected chi connectivity index (χ3v) is 3.32. The molecule has 0 amide bonds. The van der Waals surface area contributed by atoms with E-state index in [4.69, 9.17) is 0 Å². The van der Waals surface area contributed by atoms with Crippen molar-refractivity contribution in [3.8, 4) is 0 Å². The van der Waals surface area contributed by atoms with Crippen LogP contribution >= 0.6 is 15.9 Å². The molecule has 0 aliphatic rings. The molecule has 0 fully saturated rings. The summed E-state index contributed by atoms with van der Waals surface area (Å²) in [4.78, 5) is 0. The molecule has 0 aliphatic carbocycles. The highest BCUT2D eigenvalue weighted by Gasteiger charge is 2.31. The Hall–Kier alpha value is -0.810. The van der Waals surface area contributed by atoms with E-state index in [2.05, 4.69) is 27.8 Å². The highest BCUT2D eigenvalue weighted by atomic mass is 79.9. The summed E-state index contributed by atoms with van der Waals surface area (Å²) in [6, 6.07) is 3.50. The average Bonchev–Trinajstić information content (AvgIpc) is 2.25. The van der Waals surface area contributed by atoms with Crippen LogP contribution in [0.2, 0.25) is 0 Å². The van der Waals surface area contributed by atoms with E-state index in [1.54, 1.807) is 7.05 Å². The summed E-state index contributed by atoms with van der Waals surface area (Å²) in [5, 5.41) is 3.01. The fraction of sp³-hybridized carbons (Fsp3) is 0.385. The quantitative estimate of drug-likeness (QED) is 0.793. The van der Waals surface area contributed by atoms with Crippen LogP contribution in [0.15, 0.2) is 34.8 Å². The number of halogens is 4. The van der Waals surface area contributed by atoms with E-state index in [0.29, 0.717) is 16.5 Å². The topological polar surface area (TPSA) is 12.0 Å². The molecule has 1 aromatic rings. The summed E-state index contributed by atoms with van der Waals surface area (Å²) in [7, 11) is 1.72. The maximum absolute atomic E-state index is 12.7. The summed E-state index contributed by atoms with van der Waals surface area (Å²) in [6.45, 7) is 5.64. The second kappa shape index (κ2) is 5.89. The van der Waals surface area contributed by atoms with E-state index in [0.717, 1.165) is 11.6 Å². The molecule has 0 aromatic heterocycles. The molecule has 0 bridgehead atoms. The van der Waals surface area contributed by atoms with Gasteiger partial charge in [0.05, 0.1) is 5.56 Å². The maximum atomic E-state index is 12.7. The van der Waals surface area contributed by atoms with Gasteiger partial charge in [-0.3, -0.25) is 0 Å². The molecule has 0 aliphatic heterocycles. The largest absolute Gasteiger partial charge is 0.416 e. The fourth-order valence-electron chi connectivity index (χ4n) is 1.70. The number of benzene rings is 1. The monoisotopic (exact) mass is 321 g/mol. The van der Waals surface area contributed by atoms with Crippen molar-refractivity contribution in [3.05, 3.63) is 46.0 Å². The van der Waals surface area contributed by atoms with Crippen molar-refractivity contribution in [2.75, 3.05) is 7.05 Å². The molecule has 1 aromatic carbocycles. The SMILES string of the molecule is C=C(C)CC(NC)c1cc(C(F)(F)F)ccc1Br. The predicted octanol–water partition coefficient (Wildman–Crippen LogP) is 4.69. The molecule has 1 atom stereocenters. The van der Waals surface area contributed by atoms with E-state index in [-0.39, 0.29) is 6.04 Å². The highest BCUT2D eigenvalue weighted by molar-refractivity contribution is 9.10. The van der Waals surface area contributed by atoms with Crippen LogP contribution in [-0.4, -0.2) is 7.05 Å². The van der Waals surface area contributed by atoms with E-state index in [1.807, 2.05) is 6.92 Å². The van der Waals surface area contributed by atoms with Gasteiger partial charge in [-0.1, -0.05) is 21.5 Å². The molecule has 100 valence electrons. The second-order valence-electron chi connectivity index (χ2n) is 4.24. The Balaban J connectivity index is 3.17. The number of hydrogen-bond acceptors (Lipinski definition) is 1. The van der Waals surface area contributed by atoms with Crippen molar-refractivity contribution >= 4 is 15.9 Å². The lowest BCUT2D eigenvalue weighted by Gasteiger charge is -2.20. The minimum absolute atomic E-state index is 0.181. The van der Waals surface area contributed by atoms with Crippen molar-refractivity contribution < 1.29 is 13.2 Å². The molecule has 1 unspecified atom stereocenters. The van der Waals surface area contributed by atoms with E-state index in [1.165, 1.54) is 12.1 Å². The first-order valence-corrected chi connectivity index (χ1v) is 6.23. The molecular formula is C13H15BrF3N. The van der Waals surface area contributed by atoms with Crippen LogP contribution in [-0.2, 0) is 6.18 Å². The number of alkyl halides is 3. The normalized spacial score (nSPS) is 13.4. The molecule has 1 nitrogen and oxygen atoms in total. The zero-order valence-corrected chi connectivity index (χ0v) is 11.8. The first kappa shape index (κ1) is 15.2. The second-order valence-corrected chi connectivity index (χ2v) is 5.09. The summed E-state index contributed by atoms with van der Waals surface area (Å²) in [5.41, 5.74) is 0.872. The van der Waals surface area contributed by atoms with E-state index < -0.39 is 11.7 Å². The Labute approximate surface area is 113 Å². The lowest BCUT2D eigenvalue weighted by Crippen LogP contribution is -2.18. The lowest BCUT2D eigenvalue weighted by molar-refractivity contribution is -0.137. The van der Waals surface area contributed by atoms with Gasteiger partial charge in [-0.15, -0.1) is 6.58 Å². The summed E-state index contributed by atoms with van der Waals surface area (Å²) < 4.78 is 38.7. The summed E-state index contributed by atoms with van der Waals surface area (Å²) in [6.07, 6.45) is -3.73. The van der Waals surface area contributed by atoms with Crippen LogP contribution in [0.4, 0.5) is 13.2 Å². The Morgan fingerprint density at radius 3 is 2.50 bits per heavy atom. The van der Waals surface area contributed by atoms with Gasteiger partial charge in [-0.25, -0.2) is 0 Å². The Morgan fingerprint density at radius 2 is 2.06 bits per heavy atom. The number of hydrogen-bond donors (Lipinski definition) is 1. The molecule has 18 heavy (non-hydrogen) atoms. The number of rotatable bonds is 4. The summed E-state index contributed by atoms with van der Waals surface area (Å²) >= 11 is 3.29. The minimum Gasteiger partial charge on any atom is -0.313 e. The molecule has 0 radical (unpaired) electrons. The maximum Gasteiger partial charge on any atom is 0.416 e. The first-order valence-electron chi connectivity index (χ1n) is 5.44. The van der Waals surface area contributed by atoms with Gasteiger partial charge in [-0.2, -0.15) is 13.2 Å². The van der Waals surface area contributed by atoms with Gasteiger partial charge in [0, 0.05) is 10.5 Å². The molecule has 0 spiro atoms. The molecule has 0 heterocycles. The zero-order chi connectivity index (χ0) is 13.9. The van der Waals surface area contributed by atoms with Gasteiger partial charge in [0.1, 0.15) is 0 Å². The van der Waals surface area contributed by atoms with Gasteiger partial charge >= 0.3 is 6.18 Å². The third kappa shape index (κ3) is 3.85. The Kier molecular flexibility index (Phi) is 4.99.